The van der Waals surface area contributed by atoms with Crippen molar-refractivity contribution in [2.24, 2.45) is 0 Å². The quantitative estimate of drug-likeness (QED) is 0.439. The number of carbonyl (C=O) groups excluding carboxylic acids is 2. The minimum absolute atomic E-state index is 0.0367. The number of benzene rings is 2. The van der Waals surface area contributed by atoms with Crippen LogP contribution in [0.1, 0.15) is 42.0 Å². The zero-order valence-corrected chi connectivity index (χ0v) is 23.2. The smallest absolute Gasteiger partial charge is 0.252 e. The van der Waals surface area contributed by atoms with Gasteiger partial charge in [0.25, 0.3) is 11.8 Å². The van der Waals surface area contributed by atoms with E-state index in [0.717, 1.165) is 21.3 Å². The van der Waals surface area contributed by atoms with Crippen molar-refractivity contribution in [2.75, 3.05) is 15.0 Å². The average molecular weight is 598 g/mol. The number of nitrogens with zero attached hydrogens (tertiary/aromatic N) is 4. The largest absolute Gasteiger partial charge is 0.351 e. The Balaban J connectivity index is 1.63. The Morgan fingerprint density at radius 2 is 1.88 bits per heavy atom. The number of aryl methyl sites for hydroxylation is 1. The van der Waals surface area contributed by atoms with Gasteiger partial charge in [-0.15, -0.1) is 0 Å². The SMILES string of the molecule is Cc1ccccc1[C@H](C(=O)NC1CC(F)(F)C1)N(C(=O)[C@@H]1CCS(=O)(=O)N1c1cc(C#N)ccn1)c1cccc(F)c1. The highest BCUT2D eigenvalue weighted by Gasteiger charge is 2.49. The summed E-state index contributed by atoms with van der Waals surface area (Å²) in [5, 5.41) is 11.9. The number of anilines is 2. The zero-order valence-electron chi connectivity index (χ0n) is 22.4. The zero-order chi connectivity index (χ0) is 30.2. The van der Waals surface area contributed by atoms with Crippen molar-refractivity contribution in [1.29, 1.82) is 5.26 Å². The molecule has 2 heterocycles. The maximum absolute atomic E-state index is 14.6. The van der Waals surface area contributed by atoms with Crippen molar-refractivity contribution in [3.8, 4) is 6.07 Å². The van der Waals surface area contributed by atoms with Gasteiger partial charge in [-0.2, -0.15) is 5.26 Å². The van der Waals surface area contributed by atoms with Crippen molar-refractivity contribution in [3.05, 3.63) is 89.4 Å². The maximum atomic E-state index is 14.6. The molecule has 1 aliphatic heterocycles. The van der Waals surface area contributed by atoms with E-state index in [1.165, 1.54) is 30.5 Å². The number of nitrogens with one attached hydrogen (secondary N) is 1. The van der Waals surface area contributed by atoms with Crippen LogP contribution in [-0.2, 0) is 19.6 Å². The van der Waals surface area contributed by atoms with Crippen LogP contribution in [0.15, 0.2) is 66.9 Å². The number of halogens is 3. The van der Waals surface area contributed by atoms with E-state index < -0.39 is 70.3 Å². The van der Waals surface area contributed by atoms with Gasteiger partial charge in [-0.05, 0) is 54.8 Å². The molecule has 9 nitrogen and oxygen atoms in total. The Bertz CT molecular complexity index is 1690. The van der Waals surface area contributed by atoms with Crippen LogP contribution >= 0.6 is 0 Å². The van der Waals surface area contributed by atoms with E-state index in [1.807, 2.05) is 6.07 Å². The molecule has 1 saturated carbocycles. The normalized spacial score (nSPS) is 19.8. The summed E-state index contributed by atoms with van der Waals surface area (Å²) in [7, 11) is -4.07. The van der Waals surface area contributed by atoms with E-state index in [2.05, 4.69) is 10.3 Å². The Morgan fingerprint density at radius 3 is 2.55 bits per heavy atom. The first-order valence-electron chi connectivity index (χ1n) is 13.1. The summed E-state index contributed by atoms with van der Waals surface area (Å²) < 4.78 is 69.0. The van der Waals surface area contributed by atoms with E-state index in [1.54, 1.807) is 31.2 Å². The average Bonchev–Trinajstić information content (AvgIpc) is 3.25. The van der Waals surface area contributed by atoms with E-state index in [4.69, 9.17) is 0 Å². The van der Waals surface area contributed by atoms with Gasteiger partial charge in [-0.25, -0.2) is 30.9 Å². The number of amides is 2. The first-order valence-corrected chi connectivity index (χ1v) is 14.7. The predicted octanol–water partition coefficient (Wildman–Crippen LogP) is 4.00. The topological polar surface area (TPSA) is 123 Å². The number of hydrogen-bond donors (Lipinski definition) is 1. The summed E-state index contributed by atoms with van der Waals surface area (Å²) in [5.41, 5.74) is 1.01. The fraction of sp³-hybridized carbons (Fsp3) is 0.310. The number of rotatable bonds is 7. The number of hydrogen-bond acceptors (Lipinski definition) is 6. The van der Waals surface area contributed by atoms with Crippen molar-refractivity contribution in [2.45, 2.75) is 50.2 Å². The summed E-state index contributed by atoms with van der Waals surface area (Å²) in [6.45, 7) is 1.70. The van der Waals surface area contributed by atoms with Crippen molar-refractivity contribution >= 4 is 33.3 Å². The van der Waals surface area contributed by atoms with Crippen molar-refractivity contribution < 1.29 is 31.2 Å². The van der Waals surface area contributed by atoms with Gasteiger partial charge in [0, 0.05) is 30.8 Å². The number of sulfonamides is 1. The molecule has 2 aliphatic rings. The van der Waals surface area contributed by atoms with Gasteiger partial charge < -0.3 is 5.32 Å². The third kappa shape index (κ3) is 5.67. The summed E-state index contributed by atoms with van der Waals surface area (Å²) in [5.74, 6) is -5.84. The molecule has 0 bridgehead atoms. The first kappa shape index (κ1) is 29.1. The number of alkyl halides is 2. The number of aromatic nitrogens is 1. The van der Waals surface area contributed by atoms with Crippen molar-refractivity contribution in [3.63, 3.8) is 0 Å². The highest BCUT2D eigenvalue weighted by Crippen LogP contribution is 2.39. The molecule has 218 valence electrons. The second kappa shape index (κ2) is 11.1. The maximum Gasteiger partial charge on any atom is 0.252 e. The second-order valence-electron chi connectivity index (χ2n) is 10.3. The van der Waals surface area contributed by atoms with Gasteiger partial charge in [-0.3, -0.25) is 14.5 Å². The molecule has 2 atom stereocenters. The molecule has 42 heavy (non-hydrogen) atoms. The lowest BCUT2D eigenvalue weighted by molar-refractivity contribution is -0.133. The third-order valence-corrected chi connectivity index (χ3v) is 9.16. The molecule has 3 aromatic rings. The fourth-order valence-corrected chi connectivity index (χ4v) is 7.02. The Morgan fingerprint density at radius 1 is 1.14 bits per heavy atom. The molecule has 2 fully saturated rings. The van der Waals surface area contributed by atoms with Crippen LogP contribution in [0.25, 0.3) is 0 Å². The second-order valence-corrected chi connectivity index (χ2v) is 12.3. The van der Waals surface area contributed by atoms with E-state index in [0.29, 0.717) is 11.1 Å². The lowest BCUT2D eigenvalue weighted by atomic mass is 9.87. The summed E-state index contributed by atoms with van der Waals surface area (Å²) in [6.07, 6.45) is -0.0701. The molecule has 2 aromatic carbocycles. The summed E-state index contributed by atoms with van der Waals surface area (Å²) >= 11 is 0. The summed E-state index contributed by atoms with van der Waals surface area (Å²) in [6, 6.07) is 12.4. The molecule has 5 rings (SSSR count). The molecular weight excluding hydrogens is 571 g/mol. The lowest BCUT2D eigenvalue weighted by Gasteiger charge is -2.39. The molecule has 0 spiro atoms. The summed E-state index contributed by atoms with van der Waals surface area (Å²) in [4.78, 5) is 33.5. The highest BCUT2D eigenvalue weighted by atomic mass is 32.2. The molecule has 13 heteroatoms. The molecule has 1 aromatic heterocycles. The molecular formula is C29H26F3N5O4S. The minimum atomic E-state index is -4.07. The fourth-order valence-electron chi connectivity index (χ4n) is 5.33. The molecule has 1 N–H and O–H groups in total. The Kier molecular flexibility index (Phi) is 7.68. The Labute approximate surface area is 240 Å². The van der Waals surface area contributed by atoms with Crippen LogP contribution in [0.2, 0.25) is 0 Å². The number of carbonyl (C=O) groups is 2. The van der Waals surface area contributed by atoms with Crippen LogP contribution in [0.3, 0.4) is 0 Å². The number of nitriles is 1. The first-order chi connectivity index (χ1) is 19.9. The van der Waals surface area contributed by atoms with E-state index in [-0.39, 0.29) is 23.5 Å². The third-order valence-electron chi connectivity index (χ3n) is 7.37. The van der Waals surface area contributed by atoms with E-state index >= 15 is 0 Å². The van der Waals surface area contributed by atoms with Crippen molar-refractivity contribution in [1.82, 2.24) is 10.3 Å². The van der Waals surface area contributed by atoms with E-state index in [9.17, 15) is 36.4 Å². The van der Waals surface area contributed by atoms with Crippen LogP contribution in [0.4, 0.5) is 24.7 Å². The van der Waals surface area contributed by atoms with Gasteiger partial charge in [0.15, 0.2) is 0 Å². The Hall–Kier alpha value is -4.44. The molecule has 0 radical (unpaired) electrons. The van der Waals surface area contributed by atoms with Gasteiger partial charge in [-0.1, -0.05) is 30.3 Å². The van der Waals surface area contributed by atoms with Gasteiger partial charge in [0.2, 0.25) is 15.9 Å². The lowest BCUT2D eigenvalue weighted by Crippen LogP contribution is -2.56. The van der Waals surface area contributed by atoms with Crippen LogP contribution in [0, 0.1) is 24.1 Å². The van der Waals surface area contributed by atoms with Crippen LogP contribution in [0.5, 0.6) is 0 Å². The van der Waals surface area contributed by atoms with Crippen LogP contribution < -0.4 is 14.5 Å². The molecule has 1 saturated heterocycles. The molecule has 1 aliphatic carbocycles. The predicted molar refractivity (Wildman–Crippen MR) is 148 cm³/mol. The monoisotopic (exact) mass is 597 g/mol. The minimum Gasteiger partial charge on any atom is -0.351 e. The van der Waals surface area contributed by atoms with Crippen LogP contribution in [-0.4, -0.2) is 49.0 Å². The standard InChI is InChI=1S/C29H26F3N5O4S/c1-18-5-2-3-8-23(18)26(27(38)35-21-15-29(31,32)16-21)36(22-7-4-6-20(30)14-22)28(39)24-10-12-42(40,41)37(24)25-13-19(17-33)9-11-34-25/h2-9,11,13-14,21,24,26H,10,12,15-16H2,1H3,(H,35,38)/t24-,26+/m0/s1. The molecule has 2 amide bonds. The molecule has 0 unspecified atom stereocenters. The van der Waals surface area contributed by atoms with Gasteiger partial charge >= 0.3 is 0 Å². The van der Waals surface area contributed by atoms with Gasteiger partial charge in [0.1, 0.15) is 23.7 Å². The van der Waals surface area contributed by atoms with Gasteiger partial charge in [0.05, 0.1) is 17.4 Å². The number of pyridine rings is 1. The highest BCUT2D eigenvalue weighted by molar-refractivity contribution is 7.93.